The first kappa shape index (κ1) is 13.7. The van der Waals surface area contributed by atoms with Gasteiger partial charge in [-0.1, -0.05) is 6.92 Å². The topological polar surface area (TPSA) is 68.5 Å². The van der Waals surface area contributed by atoms with E-state index < -0.39 is 0 Å². The molecule has 0 N–H and O–H groups in total. The first-order valence-electron chi connectivity index (χ1n) is 6.44. The average molecular weight is 265 g/mol. The molecule has 2 heterocycles. The van der Waals surface area contributed by atoms with E-state index in [1.165, 1.54) is 6.07 Å². The van der Waals surface area contributed by atoms with Gasteiger partial charge in [-0.05, 0) is 26.3 Å². The molecule has 1 atom stereocenters. The molecule has 1 aromatic rings. The van der Waals surface area contributed by atoms with Gasteiger partial charge in [0.2, 0.25) is 5.82 Å². The fourth-order valence-corrected chi connectivity index (χ4v) is 2.34. The fraction of sp³-hybridized carbons (Fsp3) is 0.615. The number of hydrogen-bond acceptors (Lipinski definition) is 5. The van der Waals surface area contributed by atoms with Crippen LogP contribution in [-0.2, 0) is 4.74 Å². The van der Waals surface area contributed by atoms with Crippen molar-refractivity contribution in [3.8, 4) is 0 Å². The second-order valence-electron chi connectivity index (χ2n) is 5.36. The Hall–Kier alpha value is -1.69. The van der Waals surface area contributed by atoms with Gasteiger partial charge in [0.15, 0.2) is 0 Å². The second-order valence-corrected chi connectivity index (χ2v) is 5.36. The Labute approximate surface area is 112 Å². The van der Waals surface area contributed by atoms with E-state index in [1.54, 1.807) is 12.3 Å². The molecule has 1 unspecified atom stereocenters. The molecule has 0 bridgehead atoms. The highest BCUT2D eigenvalue weighted by Gasteiger charge is 2.36. The van der Waals surface area contributed by atoms with Crippen molar-refractivity contribution < 1.29 is 9.66 Å². The molecule has 0 amide bonds. The van der Waals surface area contributed by atoms with E-state index in [0.717, 1.165) is 6.42 Å². The minimum absolute atomic E-state index is 0.0543. The monoisotopic (exact) mass is 265 g/mol. The van der Waals surface area contributed by atoms with Crippen LogP contribution in [0.1, 0.15) is 27.2 Å². The van der Waals surface area contributed by atoms with Crippen LogP contribution >= 0.6 is 0 Å². The molecule has 6 nitrogen and oxygen atoms in total. The van der Waals surface area contributed by atoms with Crippen molar-refractivity contribution in [3.05, 3.63) is 28.4 Å². The smallest absolute Gasteiger partial charge is 0.311 e. The average Bonchev–Trinajstić information content (AvgIpc) is 2.37. The quantitative estimate of drug-likeness (QED) is 0.620. The van der Waals surface area contributed by atoms with Crippen LogP contribution in [0.15, 0.2) is 18.3 Å². The van der Waals surface area contributed by atoms with E-state index in [-0.39, 0.29) is 22.3 Å². The molecular formula is C13H19N3O3. The van der Waals surface area contributed by atoms with Gasteiger partial charge in [-0.2, -0.15) is 0 Å². The van der Waals surface area contributed by atoms with E-state index >= 15 is 0 Å². The van der Waals surface area contributed by atoms with Crippen molar-refractivity contribution in [1.82, 2.24) is 4.98 Å². The lowest BCUT2D eigenvalue weighted by Gasteiger charge is -2.43. The third-order valence-corrected chi connectivity index (χ3v) is 3.36. The van der Waals surface area contributed by atoms with E-state index in [2.05, 4.69) is 4.98 Å². The standard InChI is InChI=1S/C13H19N3O3/c1-4-10-8-19-13(2,3)9-15(10)12-11(16(17)18)6-5-7-14-12/h5-7,10H,4,8-9H2,1-3H3. The maximum absolute atomic E-state index is 11.1. The zero-order valence-electron chi connectivity index (χ0n) is 11.5. The van der Waals surface area contributed by atoms with Crippen LogP contribution < -0.4 is 4.90 Å². The highest BCUT2D eigenvalue weighted by molar-refractivity contribution is 5.58. The molecule has 1 aliphatic rings. The van der Waals surface area contributed by atoms with E-state index in [4.69, 9.17) is 4.74 Å². The van der Waals surface area contributed by atoms with E-state index in [0.29, 0.717) is 19.0 Å². The molecule has 0 spiro atoms. The Kier molecular flexibility index (Phi) is 3.71. The maximum Gasteiger partial charge on any atom is 0.311 e. The van der Waals surface area contributed by atoms with E-state index in [1.807, 2.05) is 25.7 Å². The van der Waals surface area contributed by atoms with Crippen LogP contribution in [0.2, 0.25) is 0 Å². The number of pyridine rings is 1. The van der Waals surface area contributed by atoms with Gasteiger partial charge in [0.25, 0.3) is 0 Å². The van der Waals surface area contributed by atoms with Crippen molar-refractivity contribution in [2.45, 2.75) is 38.8 Å². The normalized spacial score (nSPS) is 22.3. The van der Waals surface area contributed by atoms with Crippen LogP contribution in [0.5, 0.6) is 0 Å². The summed E-state index contributed by atoms with van der Waals surface area (Å²) in [5.41, 5.74) is -0.268. The molecule has 1 saturated heterocycles. The van der Waals surface area contributed by atoms with Crippen molar-refractivity contribution in [2.75, 3.05) is 18.1 Å². The van der Waals surface area contributed by atoms with Crippen LogP contribution in [-0.4, -0.2) is 34.7 Å². The third kappa shape index (κ3) is 2.84. The van der Waals surface area contributed by atoms with Gasteiger partial charge in [-0.3, -0.25) is 10.1 Å². The predicted molar refractivity (Wildman–Crippen MR) is 72.3 cm³/mol. The van der Waals surface area contributed by atoms with Crippen LogP contribution in [0, 0.1) is 10.1 Å². The molecular weight excluding hydrogens is 246 g/mol. The Morgan fingerprint density at radius 3 is 3.00 bits per heavy atom. The molecule has 1 fully saturated rings. The zero-order chi connectivity index (χ0) is 14.0. The first-order chi connectivity index (χ1) is 8.94. The van der Waals surface area contributed by atoms with Crippen LogP contribution in [0.4, 0.5) is 11.5 Å². The molecule has 0 aliphatic carbocycles. The number of ether oxygens (including phenoxy) is 1. The summed E-state index contributed by atoms with van der Waals surface area (Å²) >= 11 is 0. The Morgan fingerprint density at radius 2 is 2.37 bits per heavy atom. The highest BCUT2D eigenvalue weighted by atomic mass is 16.6. The molecule has 0 saturated carbocycles. The second kappa shape index (κ2) is 5.13. The molecule has 6 heteroatoms. The number of rotatable bonds is 3. The van der Waals surface area contributed by atoms with Crippen LogP contribution in [0.3, 0.4) is 0 Å². The Balaban J connectivity index is 2.39. The minimum Gasteiger partial charge on any atom is -0.372 e. The summed E-state index contributed by atoms with van der Waals surface area (Å²) < 4.78 is 5.78. The number of nitro groups is 1. The van der Waals surface area contributed by atoms with Gasteiger partial charge in [0, 0.05) is 18.8 Å². The summed E-state index contributed by atoms with van der Waals surface area (Å²) in [5.74, 6) is 0.440. The molecule has 104 valence electrons. The minimum atomic E-state index is -0.377. The van der Waals surface area contributed by atoms with Crippen molar-refractivity contribution >= 4 is 11.5 Å². The lowest BCUT2D eigenvalue weighted by atomic mass is 10.0. The number of hydrogen-bond donors (Lipinski definition) is 0. The first-order valence-corrected chi connectivity index (χ1v) is 6.44. The zero-order valence-corrected chi connectivity index (χ0v) is 11.5. The largest absolute Gasteiger partial charge is 0.372 e. The van der Waals surface area contributed by atoms with Gasteiger partial charge in [-0.15, -0.1) is 0 Å². The van der Waals surface area contributed by atoms with Gasteiger partial charge in [0.05, 0.1) is 23.2 Å². The molecule has 2 rings (SSSR count). The summed E-state index contributed by atoms with van der Waals surface area (Å²) in [7, 11) is 0. The SMILES string of the molecule is CCC1COC(C)(C)CN1c1ncccc1[N+](=O)[O-]. The number of morpholine rings is 1. The molecule has 1 aliphatic heterocycles. The number of nitrogens with zero attached hydrogens (tertiary/aromatic N) is 3. The van der Waals surface area contributed by atoms with Gasteiger partial charge in [0.1, 0.15) is 0 Å². The summed E-state index contributed by atoms with van der Waals surface area (Å²) in [6.07, 6.45) is 2.46. The van der Waals surface area contributed by atoms with Crippen molar-refractivity contribution in [2.24, 2.45) is 0 Å². The summed E-state index contributed by atoms with van der Waals surface area (Å²) in [6.45, 7) is 7.19. The molecule has 19 heavy (non-hydrogen) atoms. The fourth-order valence-electron chi connectivity index (χ4n) is 2.34. The Morgan fingerprint density at radius 1 is 1.63 bits per heavy atom. The maximum atomic E-state index is 11.1. The summed E-state index contributed by atoms with van der Waals surface area (Å²) in [6, 6.07) is 3.22. The highest BCUT2D eigenvalue weighted by Crippen LogP contribution is 2.32. The third-order valence-electron chi connectivity index (χ3n) is 3.36. The summed E-state index contributed by atoms with van der Waals surface area (Å²) in [5, 5.41) is 11.1. The van der Waals surface area contributed by atoms with Gasteiger partial charge >= 0.3 is 5.69 Å². The lowest BCUT2D eigenvalue weighted by Crippen LogP contribution is -2.54. The van der Waals surface area contributed by atoms with E-state index in [9.17, 15) is 10.1 Å². The van der Waals surface area contributed by atoms with Crippen molar-refractivity contribution in [1.29, 1.82) is 0 Å². The Bertz CT molecular complexity index is 476. The predicted octanol–water partition coefficient (Wildman–Crippen LogP) is 2.38. The lowest BCUT2D eigenvalue weighted by molar-refractivity contribution is -0.384. The van der Waals surface area contributed by atoms with Crippen LogP contribution in [0.25, 0.3) is 0 Å². The number of anilines is 1. The van der Waals surface area contributed by atoms with Gasteiger partial charge in [-0.25, -0.2) is 4.98 Å². The van der Waals surface area contributed by atoms with Crippen molar-refractivity contribution in [3.63, 3.8) is 0 Å². The number of aromatic nitrogens is 1. The molecule has 0 radical (unpaired) electrons. The van der Waals surface area contributed by atoms with Gasteiger partial charge < -0.3 is 9.64 Å². The molecule has 0 aromatic carbocycles. The molecule has 1 aromatic heterocycles. The summed E-state index contributed by atoms with van der Waals surface area (Å²) in [4.78, 5) is 17.0.